The van der Waals surface area contributed by atoms with Gasteiger partial charge in [0.15, 0.2) is 11.5 Å². The lowest BCUT2D eigenvalue weighted by molar-refractivity contribution is 0.0526. The fourth-order valence-corrected chi connectivity index (χ4v) is 2.84. The van der Waals surface area contributed by atoms with E-state index in [1.807, 2.05) is 0 Å². The van der Waals surface area contributed by atoms with Crippen LogP contribution in [0.15, 0.2) is 40.9 Å². The Morgan fingerprint density at radius 2 is 1.76 bits per heavy atom. The van der Waals surface area contributed by atoms with Crippen LogP contribution in [-0.2, 0) is 4.74 Å². The summed E-state index contributed by atoms with van der Waals surface area (Å²) in [6.45, 7) is 3.00. The van der Waals surface area contributed by atoms with Crippen LogP contribution in [0, 0.1) is 0 Å². The third-order valence-electron chi connectivity index (χ3n) is 3.53. The molecule has 0 radical (unpaired) electrons. The van der Waals surface area contributed by atoms with Crippen LogP contribution in [0.1, 0.15) is 27.6 Å². The predicted octanol–water partition coefficient (Wildman–Crippen LogP) is 3.65. The lowest BCUT2D eigenvalue weighted by Crippen LogP contribution is -2.18. The van der Waals surface area contributed by atoms with Crippen molar-refractivity contribution in [3.05, 3.63) is 52.0 Å². The van der Waals surface area contributed by atoms with Gasteiger partial charge in [-0.3, -0.25) is 4.79 Å². The summed E-state index contributed by atoms with van der Waals surface area (Å²) >= 11 is 3.38. The first-order valence-electron chi connectivity index (χ1n) is 7.76. The number of benzene rings is 2. The van der Waals surface area contributed by atoms with Crippen molar-refractivity contribution in [3.63, 3.8) is 0 Å². The van der Waals surface area contributed by atoms with E-state index in [4.69, 9.17) is 14.2 Å². The van der Waals surface area contributed by atoms with E-state index in [0.717, 1.165) is 0 Å². The molecule has 0 aliphatic carbocycles. The number of rotatable bonds is 4. The average Bonchev–Trinajstić information content (AvgIpc) is 2.62. The number of anilines is 1. The minimum Gasteiger partial charge on any atom is -0.486 e. The highest BCUT2D eigenvalue weighted by Crippen LogP contribution is 2.35. The molecule has 0 saturated heterocycles. The molecule has 0 fully saturated rings. The number of halogens is 1. The fourth-order valence-electron chi connectivity index (χ4n) is 2.34. The second-order valence-corrected chi connectivity index (χ2v) is 6.08. The molecular formula is C18H16BrNO5. The predicted molar refractivity (Wildman–Crippen MR) is 95.5 cm³/mol. The summed E-state index contributed by atoms with van der Waals surface area (Å²) in [5.41, 5.74) is 1.43. The number of amides is 1. The van der Waals surface area contributed by atoms with Crippen molar-refractivity contribution in [3.8, 4) is 11.5 Å². The summed E-state index contributed by atoms with van der Waals surface area (Å²) in [7, 11) is 0. The Morgan fingerprint density at radius 3 is 2.40 bits per heavy atom. The molecule has 1 aliphatic heterocycles. The van der Waals surface area contributed by atoms with Crippen molar-refractivity contribution in [2.45, 2.75) is 6.92 Å². The minimum absolute atomic E-state index is 0.298. The summed E-state index contributed by atoms with van der Waals surface area (Å²) in [4.78, 5) is 24.2. The Kier molecular flexibility index (Phi) is 5.23. The normalized spacial score (nSPS) is 12.4. The molecule has 2 aromatic carbocycles. The summed E-state index contributed by atoms with van der Waals surface area (Å²) in [5.74, 6) is 0.452. The van der Waals surface area contributed by atoms with E-state index in [9.17, 15) is 9.59 Å². The number of esters is 1. The molecule has 0 bridgehead atoms. The van der Waals surface area contributed by atoms with Gasteiger partial charge in [-0.1, -0.05) is 0 Å². The van der Waals surface area contributed by atoms with Crippen molar-refractivity contribution >= 4 is 33.5 Å². The van der Waals surface area contributed by atoms with E-state index in [2.05, 4.69) is 21.2 Å². The Hall–Kier alpha value is -2.54. The number of carbonyl (C=O) groups excluding carboxylic acids is 2. The molecule has 1 amide bonds. The Morgan fingerprint density at radius 1 is 1.12 bits per heavy atom. The first kappa shape index (κ1) is 17.3. The van der Waals surface area contributed by atoms with Crippen LogP contribution >= 0.6 is 15.9 Å². The zero-order chi connectivity index (χ0) is 17.8. The van der Waals surface area contributed by atoms with Crippen molar-refractivity contribution < 1.29 is 23.8 Å². The van der Waals surface area contributed by atoms with Crippen molar-refractivity contribution in [1.29, 1.82) is 0 Å². The second kappa shape index (κ2) is 7.57. The van der Waals surface area contributed by atoms with Gasteiger partial charge < -0.3 is 19.5 Å². The van der Waals surface area contributed by atoms with Gasteiger partial charge in [-0.05, 0) is 59.3 Å². The molecule has 0 unspecified atom stereocenters. The number of hydrogen-bond acceptors (Lipinski definition) is 5. The molecule has 0 saturated carbocycles. The van der Waals surface area contributed by atoms with Crippen LogP contribution in [0.4, 0.5) is 5.69 Å². The van der Waals surface area contributed by atoms with Crippen LogP contribution in [0.3, 0.4) is 0 Å². The van der Waals surface area contributed by atoms with E-state index in [0.29, 0.717) is 52.6 Å². The fraction of sp³-hybridized carbons (Fsp3) is 0.222. The van der Waals surface area contributed by atoms with Gasteiger partial charge in [0.2, 0.25) is 0 Å². The lowest BCUT2D eigenvalue weighted by atomic mass is 10.1. The first-order valence-corrected chi connectivity index (χ1v) is 8.55. The standard InChI is InChI=1S/C18H16BrNO5/c1-2-23-18(22)11-3-5-12(6-4-11)20-17(21)13-9-15-16(10-14(13)19)25-8-7-24-15/h3-6,9-10H,2,7-8H2,1H3,(H,20,21). The van der Waals surface area contributed by atoms with Crippen LogP contribution in [0.5, 0.6) is 11.5 Å². The molecule has 130 valence electrons. The van der Waals surface area contributed by atoms with Gasteiger partial charge in [0, 0.05) is 10.2 Å². The van der Waals surface area contributed by atoms with Gasteiger partial charge in [0.1, 0.15) is 13.2 Å². The van der Waals surface area contributed by atoms with E-state index in [1.54, 1.807) is 43.3 Å². The second-order valence-electron chi connectivity index (χ2n) is 5.23. The number of fused-ring (bicyclic) bond motifs is 1. The highest BCUT2D eigenvalue weighted by Gasteiger charge is 2.19. The van der Waals surface area contributed by atoms with Crippen molar-refractivity contribution in [2.75, 3.05) is 25.1 Å². The summed E-state index contributed by atoms with van der Waals surface area (Å²) < 4.78 is 16.5. The highest BCUT2D eigenvalue weighted by molar-refractivity contribution is 9.10. The van der Waals surface area contributed by atoms with Crippen LogP contribution < -0.4 is 14.8 Å². The van der Waals surface area contributed by atoms with Crippen molar-refractivity contribution in [2.24, 2.45) is 0 Å². The highest BCUT2D eigenvalue weighted by atomic mass is 79.9. The largest absolute Gasteiger partial charge is 0.486 e. The van der Waals surface area contributed by atoms with Gasteiger partial charge >= 0.3 is 5.97 Å². The molecule has 0 spiro atoms. The average molecular weight is 406 g/mol. The monoisotopic (exact) mass is 405 g/mol. The Labute approximate surface area is 153 Å². The third-order valence-corrected chi connectivity index (χ3v) is 4.19. The van der Waals surface area contributed by atoms with Gasteiger partial charge in [-0.15, -0.1) is 0 Å². The molecule has 6 nitrogen and oxygen atoms in total. The smallest absolute Gasteiger partial charge is 0.338 e. The number of carbonyl (C=O) groups is 2. The van der Waals surface area contributed by atoms with Gasteiger partial charge in [0.05, 0.1) is 17.7 Å². The summed E-state index contributed by atoms with van der Waals surface area (Å²) in [6, 6.07) is 9.86. The van der Waals surface area contributed by atoms with Crippen LogP contribution in [0.25, 0.3) is 0 Å². The molecule has 7 heteroatoms. The number of ether oxygens (including phenoxy) is 3. The molecule has 3 rings (SSSR count). The number of nitrogens with one attached hydrogen (secondary N) is 1. The Bertz CT molecular complexity index is 804. The van der Waals surface area contributed by atoms with E-state index in [1.165, 1.54) is 0 Å². The molecule has 0 aromatic heterocycles. The molecule has 0 atom stereocenters. The molecule has 2 aromatic rings. The zero-order valence-electron chi connectivity index (χ0n) is 13.5. The summed E-state index contributed by atoms with van der Waals surface area (Å²) in [5, 5.41) is 2.79. The van der Waals surface area contributed by atoms with Crippen LogP contribution in [-0.4, -0.2) is 31.7 Å². The van der Waals surface area contributed by atoms with Crippen molar-refractivity contribution in [1.82, 2.24) is 0 Å². The van der Waals surface area contributed by atoms with E-state index in [-0.39, 0.29) is 5.91 Å². The molecule has 1 N–H and O–H groups in total. The quantitative estimate of drug-likeness (QED) is 0.785. The Balaban J connectivity index is 1.75. The van der Waals surface area contributed by atoms with E-state index >= 15 is 0 Å². The maximum absolute atomic E-state index is 12.5. The maximum Gasteiger partial charge on any atom is 0.338 e. The number of hydrogen-bond donors (Lipinski definition) is 1. The topological polar surface area (TPSA) is 73.9 Å². The van der Waals surface area contributed by atoms with Gasteiger partial charge in [0.25, 0.3) is 5.91 Å². The maximum atomic E-state index is 12.5. The summed E-state index contributed by atoms with van der Waals surface area (Å²) in [6.07, 6.45) is 0. The minimum atomic E-state index is -0.394. The van der Waals surface area contributed by atoms with Gasteiger partial charge in [-0.2, -0.15) is 0 Å². The zero-order valence-corrected chi connectivity index (χ0v) is 15.1. The lowest BCUT2D eigenvalue weighted by Gasteiger charge is -2.19. The third kappa shape index (κ3) is 3.93. The first-order chi connectivity index (χ1) is 12.1. The molecular weight excluding hydrogens is 390 g/mol. The molecule has 25 heavy (non-hydrogen) atoms. The molecule has 1 aliphatic rings. The SMILES string of the molecule is CCOC(=O)c1ccc(NC(=O)c2cc3c(cc2Br)OCCO3)cc1. The van der Waals surface area contributed by atoms with Gasteiger partial charge in [-0.25, -0.2) is 4.79 Å². The van der Waals surface area contributed by atoms with E-state index < -0.39 is 5.97 Å². The molecule has 1 heterocycles. The van der Waals surface area contributed by atoms with Crippen LogP contribution in [0.2, 0.25) is 0 Å².